The first kappa shape index (κ1) is 11.1. The van der Waals surface area contributed by atoms with Crippen LogP contribution in [-0.4, -0.2) is 25.8 Å². The number of carboxylic acids is 1. The van der Waals surface area contributed by atoms with Gasteiger partial charge in [-0.2, -0.15) is 5.10 Å². The molecule has 2 rings (SSSR count). The van der Waals surface area contributed by atoms with Gasteiger partial charge in [0.2, 0.25) is 0 Å². The molecule has 0 amide bonds. The van der Waals surface area contributed by atoms with E-state index in [2.05, 4.69) is 10.1 Å². The molecule has 16 heavy (non-hydrogen) atoms. The van der Waals surface area contributed by atoms with Crippen molar-refractivity contribution in [2.24, 2.45) is 5.92 Å². The minimum atomic E-state index is -0.847. The average molecular weight is 223 g/mol. The van der Waals surface area contributed by atoms with E-state index in [-0.39, 0.29) is 0 Å². The van der Waals surface area contributed by atoms with Crippen LogP contribution in [0.3, 0.4) is 0 Å². The Bertz CT molecular complexity index is 369. The normalized spacial score (nSPS) is 18.8. The van der Waals surface area contributed by atoms with Crippen LogP contribution in [0.5, 0.6) is 0 Å². The monoisotopic (exact) mass is 223 g/mol. The summed E-state index contributed by atoms with van der Waals surface area (Å²) >= 11 is 0. The van der Waals surface area contributed by atoms with Gasteiger partial charge >= 0.3 is 5.97 Å². The molecule has 1 heterocycles. The van der Waals surface area contributed by atoms with Gasteiger partial charge in [0, 0.05) is 6.54 Å². The van der Waals surface area contributed by atoms with Crippen LogP contribution in [0, 0.1) is 5.92 Å². The van der Waals surface area contributed by atoms with E-state index in [1.807, 2.05) is 0 Å². The summed E-state index contributed by atoms with van der Waals surface area (Å²) in [7, 11) is 0. The first-order chi connectivity index (χ1) is 7.68. The van der Waals surface area contributed by atoms with Crippen LogP contribution in [0.2, 0.25) is 0 Å². The Morgan fingerprint density at radius 1 is 1.62 bits per heavy atom. The number of hydrogen-bond donors (Lipinski definition) is 1. The number of aromatic nitrogens is 3. The SMILES string of the molecule is CC(C(=O)O)c1ncnn1CC1CCCC1. The Morgan fingerprint density at radius 3 is 2.94 bits per heavy atom. The number of aliphatic carboxylic acids is 1. The minimum Gasteiger partial charge on any atom is -0.481 e. The van der Waals surface area contributed by atoms with Gasteiger partial charge in [-0.25, -0.2) is 9.67 Å². The standard InChI is InChI=1S/C11H17N3O2/c1-8(11(15)16)10-12-7-13-14(10)6-9-4-2-3-5-9/h7-9H,2-6H2,1H3,(H,15,16). The molecule has 1 fully saturated rings. The van der Waals surface area contributed by atoms with Gasteiger partial charge in [0.15, 0.2) is 0 Å². The third kappa shape index (κ3) is 2.23. The molecular weight excluding hydrogens is 206 g/mol. The van der Waals surface area contributed by atoms with Crippen LogP contribution in [0.4, 0.5) is 0 Å². The predicted molar refractivity (Wildman–Crippen MR) is 58.0 cm³/mol. The lowest BCUT2D eigenvalue weighted by molar-refractivity contribution is -0.138. The molecule has 0 aliphatic heterocycles. The minimum absolute atomic E-state index is 0.569. The summed E-state index contributed by atoms with van der Waals surface area (Å²) in [5, 5.41) is 13.1. The molecule has 5 nitrogen and oxygen atoms in total. The second-order valence-electron chi connectivity index (χ2n) is 4.51. The molecule has 0 radical (unpaired) electrons. The topological polar surface area (TPSA) is 68.0 Å². The highest BCUT2D eigenvalue weighted by Gasteiger charge is 2.22. The van der Waals surface area contributed by atoms with Crippen molar-refractivity contribution < 1.29 is 9.90 Å². The van der Waals surface area contributed by atoms with E-state index in [0.717, 1.165) is 6.54 Å². The van der Waals surface area contributed by atoms with Gasteiger partial charge in [-0.05, 0) is 25.7 Å². The predicted octanol–water partition coefficient (Wildman–Crippen LogP) is 1.66. The third-order valence-electron chi connectivity index (χ3n) is 3.31. The molecule has 0 spiro atoms. The van der Waals surface area contributed by atoms with Gasteiger partial charge < -0.3 is 5.11 Å². The van der Waals surface area contributed by atoms with Crippen molar-refractivity contribution in [3.8, 4) is 0 Å². The third-order valence-corrected chi connectivity index (χ3v) is 3.31. The van der Waals surface area contributed by atoms with E-state index >= 15 is 0 Å². The molecule has 1 aliphatic carbocycles. The number of nitrogens with zero attached hydrogens (tertiary/aromatic N) is 3. The molecule has 1 atom stereocenters. The summed E-state index contributed by atoms with van der Waals surface area (Å²) in [5.41, 5.74) is 0. The van der Waals surface area contributed by atoms with E-state index in [0.29, 0.717) is 11.7 Å². The lowest BCUT2D eigenvalue weighted by Gasteiger charge is -2.12. The first-order valence-corrected chi connectivity index (χ1v) is 5.79. The fourth-order valence-electron chi connectivity index (χ4n) is 2.30. The van der Waals surface area contributed by atoms with E-state index in [4.69, 9.17) is 5.11 Å². The molecule has 1 N–H and O–H groups in total. The van der Waals surface area contributed by atoms with Crippen LogP contribution < -0.4 is 0 Å². The van der Waals surface area contributed by atoms with Crippen LogP contribution in [0.15, 0.2) is 6.33 Å². The summed E-state index contributed by atoms with van der Waals surface area (Å²) in [5.74, 6) is -0.217. The molecule has 0 bridgehead atoms. The summed E-state index contributed by atoms with van der Waals surface area (Å²) in [4.78, 5) is 15.0. The van der Waals surface area contributed by atoms with Gasteiger partial charge in [-0.3, -0.25) is 4.79 Å². The second-order valence-corrected chi connectivity index (χ2v) is 4.51. The molecule has 0 aromatic carbocycles. The Kier molecular flexibility index (Phi) is 3.22. The van der Waals surface area contributed by atoms with Crippen molar-refractivity contribution in [3.05, 3.63) is 12.2 Å². The molecule has 1 aromatic heterocycles. The van der Waals surface area contributed by atoms with E-state index in [1.54, 1.807) is 11.6 Å². The number of carbonyl (C=O) groups is 1. The van der Waals surface area contributed by atoms with Gasteiger partial charge in [0.1, 0.15) is 18.1 Å². The molecule has 5 heteroatoms. The Morgan fingerprint density at radius 2 is 2.31 bits per heavy atom. The van der Waals surface area contributed by atoms with Crippen molar-refractivity contribution in [2.45, 2.75) is 45.1 Å². The van der Waals surface area contributed by atoms with Crippen LogP contribution in [-0.2, 0) is 11.3 Å². The number of rotatable bonds is 4. The quantitative estimate of drug-likeness (QED) is 0.842. The zero-order valence-electron chi connectivity index (χ0n) is 9.46. The summed E-state index contributed by atoms with van der Waals surface area (Å²) in [6, 6.07) is 0. The molecule has 88 valence electrons. The second kappa shape index (κ2) is 4.63. The highest BCUT2D eigenvalue weighted by atomic mass is 16.4. The van der Waals surface area contributed by atoms with Crippen LogP contribution in [0.25, 0.3) is 0 Å². The van der Waals surface area contributed by atoms with Gasteiger partial charge in [-0.1, -0.05) is 12.8 Å². The molecular formula is C11H17N3O2. The van der Waals surface area contributed by atoms with Crippen LogP contribution in [0.1, 0.15) is 44.3 Å². The molecule has 1 aromatic rings. The Balaban J connectivity index is 2.09. The Hall–Kier alpha value is -1.39. The van der Waals surface area contributed by atoms with E-state index in [1.165, 1.54) is 32.0 Å². The lowest BCUT2D eigenvalue weighted by atomic mass is 10.1. The summed E-state index contributed by atoms with van der Waals surface area (Å²) in [6.45, 7) is 2.46. The fourth-order valence-corrected chi connectivity index (χ4v) is 2.30. The number of carboxylic acid groups (broad SMARTS) is 1. The molecule has 1 saturated carbocycles. The molecule has 1 aliphatic rings. The zero-order valence-corrected chi connectivity index (χ0v) is 9.46. The molecule has 0 saturated heterocycles. The maximum atomic E-state index is 10.9. The van der Waals surface area contributed by atoms with Gasteiger partial charge in [0.25, 0.3) is 0 Å². The summed E-state index contributed by atoms with van der Waals surface area (Å²) in [6.07, 6.45) is 6.46. The van der Waals surface area contributed by atoms with Crippen molar-refractivity contribution >= 4 is 5.97 Å². The van der Waals surface area contributed by atoms with E-state index < -0.39 is 11.9 Å². The first-order valence-electron chi connectivity index (χ1n) is 5.79. The fraction of sp³-hybridized carbons (Fsp3) is 0.727. The number of hydrogen-bond acceptors (Lipinski definition) is 3. The van der Waals surface area contributed by atoms with Crippen molar-refractivity contribution in [2.75, 3.05) is 0 Å². The summed E-state index contributed by atoms with van der Waals surface area (Å²) < 4.78 is 1.76. The van der Waals surface area contributed by atoms with Crippen molar-refractivity contribution in [3.63, 3.8) is 0 Å². The maximum Gasteiger partial charge on any atom is 0.313 e. The van der Waals surface area contributed by atoms with Crippen molar-refractivity contribution in [1.82, 2.24) is 14.8 Å². The van der Waals surface area contributed by atoms with E-state index in [9.17, 15) is 4.79 Å². The zero-order chi connectivity index (χ0) is 11.5. The van der Waals surface area contributed by atoms with Gasteiger partial charge in [0.05, 0.1) is 0 Å². The largest absolute Gasteiger partial charge is 0.481 e. The van der Waals surface area contributed by atoms with Gasteiger partial charge in [-0.15, -0.1) is 0 Å². The lowest BCUT2D eigenvalue weighted by Crippen LogP contribution is -2.18. The smallest absolute Gasteiger partial charge is 0.313 e. The highest BCUT2D eigenvalue weighted by molar-refractivity contribution is 5.74. The van der Waals surface area contributed by atoms with Crippen molar-refractivity contribution in [1.29, 1.82) is 0 Å². The Labute approximate surface area is 94.5 Å². The van der Waals surface area contributed by atoms with Crippen LogP contribution >= 0.6 is 0 Å². The maximum absolute atomic E-state index is 10.9. The highest BCUT2D eigenvalue weighted by Crippen LogP contribution is 2.26. The molecule has 1 unspecified atom stereocenters. The average Bonchev–Trinajstić information content (AvgIpc) is 2.88.